The van der Waals surface area contributed by atoms with Gasteiger partial charge in [-0.3, -0.25) is 4.79 Å². The van der Waals surface area contributed by atoms with Crippen LogP contribution in [0.3, 0.4) is 0 Å². The second kappa shape index (κ2) is 6.92. The van der Waals surface area contributed by atoms with Gasteiger partial charge in [-0.25, -0.2) is 0 Å². The van der Waals surface area contributed by atoms with Gasteiger partial charge in [-0.05, 0) is 37.0 Å². The van der Waals surface area contributed by atoms with Gasteiger partial charge in [0.05, 0.1) is 5.92 Å². The van der Waals surface area contributed by atoms with Crippen molar-refractivity contribution in [3.05, 3.63) is 34.9 Å². The maximum atomic E-state index is 12.0. The van der Waals surface area contributed by atoms with Gasteiger partial charge in [-0.1, -0.05) is 36.6 Å². The van der Waals surface area contributed by atoms with Crippen LogP contribution < -0.4 is 11.1 Å². The molecule has 3 nitrogen and oxygen atoms in total. The Morgan fingerprint density at radius 2 is 2.16 bits per heavy atom. The highest BCUT2D eigenvalue weighted by molar-refractivity contribution is 6.30. The van der Waals surface area contributed by atoms with Gasteiger partial charge in [-0.2, -0.15) is 0 Å². The van der Waals surface area contributed by atoms with E-state index in [0.717, 1.165) is 42.7 Å². The van der Waals surface area contributed by atoms with E-state index in [1.165, 1.54) is 0 Å². The van der Waals surface area contributed by atoms with Crippen LogP contribution in [0.4, 0.5) is 0 Å². The Morgan fingerprint density at radius 1 is 1.37 bits per heavy atom. The molecule has 1 saturated carbocycles. The Balaban J connectivity index is 1.77. The van der Waals surface area contributed by atoms with Gasteiger partial charge in [-0.15, -0.1) is 0 Å². The first-order valence-corrected chi connectivity index (χ1v) is 7.32. The van der Waals surface area contributed by atoms with Crippen LogP contribution in [0.15, 0.2) is 24.3 Å². The fourth-order valence-corrected chi connectivity index (χ4v) is 2.85. The molecule has 0 radical (unpaired) electrons. The van der Waals surface area contributed by atoms with Crippen LogP contribution in [-0.4, -0.2) is 18.5 Å². The number of amides is 1. The Bertz CT molecular complexity index is 436. The normalized spacial score (nSPS) is 23.1. The molecule has 0 saturated heterocycles. The van der Waals surface area contributed by atoms with Crippen LogP contribution in [0.1, 0.15) is 31.2 Å². The summed E-state index contributed by atoms with van der Waals surface area (Å²) in [6, 6.07) is 7.76. The van der Waals surface area contributed by atoms with Crippen LogP contribution in [0.2, 0.25) is 5.02 Å². The van der Waals surface area contributed by atoms with Crippen molar-refractivity contribution in [2.75, 3.05) is 6.54 Å². The van der Waals surface area contributed by atoms with E-state index in [0.29, 0.717) is 6.54 Å². The van der Waals surface area contributed by atoms with E-state index >= 15 is 0 Å². The summed E-state index contributed by atoms with van der Waals surface area (Å²) in [4.78, 5) is 12.0. The molecule has 0 heterocycles. The summed E-state index contributed by atoms with van der Waals surface area (Å²) in [6.07, 6.45) is 4.94. The quantitative estimate of drug-likeness (QED) is 0.890. The fraction of sp³-hybridized carbons (Fsp3) is 0.533. The maximum Gasteiger partial charge on any atom is 0.224 e. The van der Waals surface area contributed by atoms with Crippen molar-refractivity contribution in [1.82, 2.24) is 5.32 Å². The summed E-state index contributed by atoms with van der Waals surface area (Å²) >= 11 is 5.92. The highest BCUT2D eigenvalue weighted by atomic mass is 35.5. The SMILES string of the molecule is NC1CCCCC1C(=O)NCCc1cccc(Cl)c1. The summed E-state index contributed by atoms with van der Waals surface area (Å²) in [5.74, 6) is 0.0994. The van der Waals surface area contributed by atoms with E-state index in [1.807, 2.05) is 24.3 Å². The summed E-state index contributed by atoms with van der Waals surface area (Å²) in [5, 5.41) is 3.72. The summed E-state index contributed by atoms with van der Waals surface area (Å²) < 4.78 is 0. The third-order valence-electron chi connectivity index (χ3n) is 3.76. The third kappa shape index (κ3) is 4.22. The topological polar surface area (TPSA) is 55.1 Å². The molecule has 0 aromatic heterocycles. The molecule has 2 rings (SSSR count). The number of hydrogen-bond donors (Lipinski definition) is 2. The van der Waals surface area contributed by atoms with Gasteiger partial charge in [0.2, 0.25) is 5.91 Å². The molecule has 2 unspecified atom stereocenters. The minimum Gasteiger partial charge on any atom is -0.355 e. The van der Waals surface area contributed by atoms with Crippen LogP contribution in [0, 0.1) is 5.92 Å². The van der Waals surface area contributed by atoms with Crippen LogP contribution in [0.25, 0.3) is 0 Å². The van der Waals surface area contributed by atoms with Crippen LogP contribution >= 0.6 is 11.6 Å². The minimum absolute atomic E-state index is 0.00638. The Labute approximate surface area is 119 Å². The van der Waals surface area contributed by atoms with Crippen molar-refractivity contribution in [2.45, 2.75) is 38.1 Å². The number of carbonyl (C=O) groups excluding carboxylic acids is 1. The summed E-state index contributed by atoms with van der Waals surface area (Å²) in [6.45, 7) is 0.641. The predicted molar refractivity (Wildman–Crippen MR) is 78.1 cm³/mol. The van der Waals surface area contributed by atoms with Gasteiger partial charge in [0.15, 0.2) is 0 Å². The molecule has 1 fully saturated rings. The Kier molecular flexibility index (Phi) is 5.23. The molecule has 0 aliphatic heterocycles. The molecule has 1 aliphatic carbocycles. The van der Waals surface area contributed by atoms with Gasteiger partial charge < -0.3 is 11.1 Å². The molecule has 19 heavy (non-hydrogen) atoms. The second-order valence-corrected chi connectivity index (χ2v) is 5.66. The van der Waals surface area contributed by atoms with Gasteiger partial charge >= 0.3 is 0 Å². The van der Waals surface area contributed by atoms with Crippen molar-refractivity contribution < 1.29 is 4.79 Å². The molecule has 0 spiro atoms. The lowest BCUT2D eigenvalue weighted by Gasteiger charge is -2.27. The fourth-order valence-electron chi connectivity index (χ4n) is 2.64. The van der Waals surface area contributed by atoms with Crippen molar-refractivity contribution >= 4 is 17.5 Å². The number of nitrogens with two attached hydrogens (primary N) is 1. The highest BCUT2D eigenvalue weighted by Gasteiger charge is 2.27. The standard InChI is InChI=1S/C15H21ClN2O/c16-12-5-3-4-11(10-12)8-9-18-15(19)13-6-1-2-7-14(13)17/h3-5,10,13-14H,1-2,6-9,17H2,(H,18,19). The molecule has 4 heteroatoms. The Morgan fingerprint density at radius 3 is 2.89 bits per heavy atom. The summed E-state index contributed by atoms with van der Waals surface area (Å²) in [7, 11) is 0. The lowest BCUT2D eigenvalue weighted by Crippen LogP contribution is -2.44. The molecule has 1 aromatic rings. The average molecular weight is 281 g/mol. The molecule has 104 valence electrons. The highest BCUT2D eigenvalue weighted by Crippen LogP contribution is 2.22. The van der Waals surface area contributed by atoms with E-state index in [1.54, 1.807) is 0 Å². The molecular weight excluding hydrogens is 260 g/mol. The molecular formula is C15H21ClN2O. The molecule has 3 N–H and O–H groups in total. The zero-order chi connectivity index (χ0) is 13.7. The lowest BCUT2D eigenvalue weighted by molar-refractivity contribution is -0.126. The smallest absolute Gasteiger partial charge is 0.224 e. The number of carbonyl (C=O) groups is 1. The van der Waals surface area contributed by atoms with E-state index < -0.39 is 0 Å². The first-order valence-electron chi connectivity index (χ1n) is 6.94. The average Bonchev–Trinajstić information content (AvgIpc) is 2.39. The maximum absolute atomic E-state index is 12.0. The third-order valence-corrected chi connectivity index (χ3v) is 3.99. The van der Waals surface area contributed by atoms with E-state index in [9.17, 15) is 4.79 Å². The van der Waals surface area contributed by atoms with Crippen LogP contribution in [0.5, 0.6) is 0 Å². The van der Waals surface area contributed by atoms with Crippen molar-refractivity contribution in [3.63, 3.8) is 0 Å². The van der Waals surface area contributed by atoms with Gasteiger partial charge in [0.1, 0.15) is 0 Å². The molecule has 1 amide bonds. The van der Waals surface area contributed by atoms with Gasteiger partial charge in [0.25, 0.3) is 0 Å². The van der Waals surface area contributed by atoms with Crippen LogP contribution in [-0.2, 0) is 11.2 Å². The van der Waals surface area contributed by atoms with Crippen molar-refractivity contribution in [1.29, 1.82) is 0 Å². The Hall–Kier alpha value is -1.06. The minimum atomic E-state index is -0.00638. The number of nitrogens with one attached hydrogen (secondary N) is 1. The van der Waals surface area contributed by atoms with Crippen molar-refractivity contribution in [3.8, 4) is 0 Å². The van der Waals surface area contributed by atoms with E-state index in [4.69, 9.17) is 17.3 Å². The number of hydrogen-bond acceptors (Lipinski definition) is 2. The molecule has 0 bridgehead atoms. The zero-order valence-electron chi connectivity index (χ0n) is 11.1. The lowest BCUT2D eigenvalue weighted by atomic mass is 9.84. The molecule has 2 atom stereocenters. The molecule has 1 aromatic carbocycles. The summed E-state index contributed by atoms with van der Waals surface area (Å²) in [5.41, 5.74) is 7.14. The van der Waals surface area contributed by atoms with Crippen molar-refractivity contribution in [2.24, 2.45) is 11.7 Å². The second-order valence-electron chi connectivity index (χ2n) is 5.23. The first kappa shape index (κ1) is 14.4. The van der Waals surface area contributed by atoms with E-state index in [-0.39, 0.29) is 17.9 Å². The number of rotatable bonds is 4. The van der Waals surface area contributed by atoms with Gasteiger partial charge in [0, 0.05) is 17.6 Å². The monoisotopic (exact) mass is 280 g/mol. The number of benzene rings is 1. The largest absolute Gasteiger partial charge is 0.355 e. The van der Waals surface area contributed by atoms with E-state index in [2.05, 4.69) is 5.32 Å². The first-order chi connectivity index (χ1) is 9.16. The molecule has 1 aliphatic rings. The predicted octanol–water partition coefficient (Wildman–Crippen LogP) is 2.52. The zero-order valence-corrected chi connectivity index (χ0v) is 11.8. The number of halogens is 1.